The zero-order valence-electron chi connectivity index (χ0n) is 11.6. The normalized spacial score (nSPS) is 14.2. The number of carbonyl (C=O) groups excluding carboxylic acids is 1. The number of hydrogen-bond acceptors (Lipinski definition) is 4. The van der Waals surface area contributed by atoms with Crippen molar-refractivity contribution in [2.75, 3.05) is 33.9 Å². The standard InChI is InChI=1S/C15H21NO3/c1-16(2)8-3-4-9-18-12-5-6-13-14(17)7-10-19-15(13)11-12/h5-6,11H,3-4,7-10H2,1-2H3. The smallest absolute Gasteiger partial charge is 0.169 e. The third kappa shape index (κ3) is 3.96. The second kappa shape index (κ2) is 6.57. The molecule has 104 valence electrons. The van der Waals surface area contributed by atoms with Gasteiger partial charge in [-0.15, -0.1) is 0 Å². The zero-order chi connectivity index (χ0) is 13.7. The van der Waals surface area contributed by atoms with E-state index >= 15 is 0 Å². The Balaban J connectivity index is 1.83. The number of nitrogens with zero attached hydrogens (tertiary/aromatic N) is 1. The van der Waals surface area contributed by atoms with Gasteiger partial charge in [-0.05, 0) is 45.6 Å². The largest absolute Gasteiger partial charge is 0.493 e. The van der Waals surface area contributed by atoms with Crippen LogP contribution < -0.4 is 9.47 Å². The van der Waals surface area contributed by atoms with Crippen LogP contribution in [-0.4, -0.2) is 44.5 Å². The summed E-state index contributed by atoms with van der Waals surface area (Å²) in [7, 11) is 4.14. The maximum Gasteiger partial charge on any atom is 0.169 e. The average molecular weight is 263 g/mol. The van der Waals surface area contributed by atoms with E-state index in [9.17, 15) is 4.79 Å². The molecular weight excluding hydrogens is 242 g/mol. The maximum absolute atomic E-state index is 11.6. The van der Waals surface area contributed by atoms with Gasteiger partial charge < -0.3 is 14.4 Å². The number of unbranched alkanes of at least 4 members (excludes halogenated alkanes) is 1. The fourth-order valence-electron chi connectivity index (χ4n) is 2.05. The lowest BCUT2D eigenvalue weighted by Crippen LogP contribution is -2.15. The van der Waals surface area contributed by atoms with Gasteiger partial charge in [0.25, 0.3) is 0 Å². The number of benzene rings is 1. The Morgan fingerprint density at radius 3 is 2.95 bits per heavy atom. The van der Waals surface area contributed by atoms with Crippen molar-refractivity contribution in [3.05, 3.63) is 23.8 Å². The molecule has 4 nitrogen and oxygen atoms in total. The number of ether oxygens (including phenoxy) is 2. The predicted molar refractivity (Wildman–Crippen MR) is 74.2 cm³/mol. The van der Waals surface area contributed by atoms with E-state index in [1.54, 1.807) is 6.07 Å². The molecule has 0 saturated carbocycles. The first-order valence-corrected chi connectivity index (χ1v) is 6.74. The number of Topliss-reactive ketones (excluding diaryl/α,β-unsaturated/α-hetero) is 1. The molecule has 0 spiro atoms. The quantitative estimate of drug-likeness (QED) is 0.739. The molecule has 0 amide bonds. The van der Waals surface area contributed by atoms with Gasteiger partial charge in [0.15, 0.2) is 5.78 Å². The number of rotatable bonds is 6. The fourth-order valence-corrected chi connectivity index (χ4v) is 2.05. The van der Waals surface area contributed by atoms with Crippen LogP contribution in [0.3, 0.4) is 0 Å². The fraction of sp³-hybridized carbons (Fsp3) is 0.533. The summed E-state index contributed by atoms with van der Waals surface area (Å²) in [5.41, 5.74) is 0.672. The van der Waals surface area contributed by atoms with E-state index in [0.29, 0.717) is 30.9 Å². The van der Waals surface area contributed by atoms with Crippen LogP contribution in [0.1, 0.15) is 29.6 Å². The van der Waals surface area contributed by atoms with Crippen LogP contribution in [0.5, 0.6) is 11.5 Å². The van der Waals surface area contributed by atoms with Gasteiger partial charge in [0.05, 0.1) is 18.8 Å². The van der Waals surface area contributed by atoms with Crippen molar-refractivity contribution in [2.45, 2.75) is 19.3 Å². The van der Waals surface area contributed by atoms with Crippen LogP contribution in [0.15, 0.2) is 18.2 Å². The van der Waals surface area contributed by atoms with Crippen LogP contribution in [0.2, 0.25) is 0 Å². The van der Waals surface area contributed by atoms with Gasteiger partial charge in [0, 0.05) is 12.5 Å². The molecule has 0 N–H and O–H groups in total. The molecule has 4 heteroatoms. The van der Waals surface area contributed by atoms with Gasteiger partial charge in [0.1, 0.15) is 11.5 Å². The molecule has 0 aromatic heterocycles. The maximum atomic E-state index is 11.6. The number of ketones is 1. The van der Waals surface area contributed by atoms with E-state index in [1.165, 1.54) is 0 Å². The number of fused-ring (bicyclic) bond motifs is 1. The summed E-state index contributed by atoms with van der Waals surface area (Å²) in [6.45, 7) is 2.24. The van der Waals surface area contributed by atoms with E-state index in [1.807, 2.05) is 12.1 Å². The van der Waals surface area contributed by atoms with E-state index in [-0.39, 0.29) is 5.78 Å². The highest BCUT2D eigenvalue weighted by Crippen LogP contribution is 2.29. The topological polar surface area (TPSA) is 38.8 Å². The molecule has 2 rings (SSSR count). The first-order valence-electron chi connectivity index (χ1n) is 6.74. The summed E-state index contributed by atoms with van der Waals surface area (Å²) in [4.78, 5) is 13.8. The average Bonchev–Trinajstić information content (AvgIpc) is 2.38. The molecule has 0 aliphatic carbocycles. The van der Waals surface area contributed by atoms with Crippen molar-refractivity contribution < 1.29 is 14.3 Å². The van der Waals surface area contributed by atoms with Gasteiger partial charge >= 0.3 is 0 Å². The van der Waals surface area contributed by atoms with Crippen molar-refractivity contribution in [3.63, 3.8) is 0 Å². The molecule has 0 fully saturated rings. The summed E-state index contributed by atoms with van der Waals surface area (Å²) in [6, 6.07) is 5.46. The van der Waals surface area contributed by atoms with E-state index in [0.717, 1.165) is 25.1 Å². The Kier molecular flexibility index (Phi) is 4.80. The molecule has 0 atom stereocenters. The van der Waals surface area contributed by atoms with Crippen LogP contribution in [0.4, 0.5) is 0 Å². The Labute approximate surface area is 114 Å². The minimum Gasteiger partial charge on any atom is -0.493 e. The lowest BCUT2D eigenvalue weighted by Gasteiger charge is -2.17. The SMILES string of the molecule is CN(C)CCCCOc1ccc2c(c1)OCCC2=O. The Hall–Kier alpha value is -1.55. The molecule has 0 saturated heterocycles. The second-order valence-electron chi connectivity index (χ2n) is 5.04. The highest BCUT2D eigenvalue weighted by atomic mass is 16.5. The summed E-state index contributed by atoms with van der Waals surface area (Å²) in [6.07, 6.45) is 2.61. The zero-order valence-corrected chi connectivity index (χ0v) is 11.6. The summed E-state index contributed by atoms with van der Waals surface area (Å²) in [5, 5.41) is 0. The highest BCUT2D eigenvalue weighted by Gasteiger charge is 2.18. The summed E-state index contributed by atoms with van der Waals surface area (Å²) >= 11 is 0. The second-order valence-corrected chi connectivity index (χ2v) is 5.04. The van der Waals surface area contributed by atoms with Gasteiger partial charge in [0.2, 0.25) is 0 Å². The van der Waals surface area contributed by atoms with Crippen molar-refractivity contribution in [3.8, 4) is 11.5 Å². The molecule has 1 aromatic rings. The van der Waals surface area contributed by atoms with Crippen LogP contribution in [0.25, 0.3) is 0 Å². The summed E-state index contributed by atoms with van der Waals surface area (Å²) < 4.78 is 11.2. The first kappa shape index (κ1) is 13.9. The van der Waals surface area contributed by atoms with Crippen LogP contribution in [-0.2, 0) is 0 Å². The molecule has 1 aliphatic rings. The molecule has 0 unspecified atom stereocenters. The molecule has 0 bridgehead atoms. The Bertz CT molecular complexity index is 443. The molecule has 19 heavy (non-hydrogen) atoms. The van der Waals surface area contributed by atoms with E-state index in [4.69, 9.17) is 9.47 Å². The number of carbonyl (C=O) groups is 1. The Morgan fingerprint density at radius 2 is 2.16 bits per heavy atom. The Morgan fingerprint density at radius 1 is 1.32 bits per heavy atom. The highest BCUT2D eigenvalue weighted by molar-refractivity contribution is 5.99. The predicted octanol–water partition coefficient (Wildman–Crippen LogP) is 2.37. The first-order chi connectivity index (χ1) is 9.16. The molecule has 1 aliphatic heterocycles. The molecule has 0 radical (unpaired) electrons. The van der Waals surface area contributed by atoms with E-state index < -0.39 is 0 Å². The minimum atomic E-state index is 0.152. The monoisotopic (exact) mass is 263 g/mol. The van der Waals surface area contributed by atoms with E-state index in [2.05, 4.69) is 19.0 Å². The van der Waals surface area contributed by atoms with Gasteiger partial charge in [-0.3, -0.25) is 4.79 Å². The van der Waals surface area contributed by atoms with Gasteiger partial charge in [-0.2, -0.15) is 0 Å². The van der Waals surface area contributed by atoms with Crippen LogP contribution in [0, 0.1) is 0 Å². The summed E-state index contributed by atoms with van der Waals surface area (Å²) in [5.74, 6) is 1.58. The lowest BCUT2D eigenvalue weighted by atomic mass is 10.1. The van der Waals surface area contributed by atoms with Crippen molar-refractivity contribution >= 4 is 5.78 Å². The van der Waals surface area contributed by atoms with Crippen molar-refractivity contribution in [1.82, 2.24) is 4.90 Å². The molecular formula is C15H21NO3. The third-order valence-electron chi connectivity index (χ3n) is 3.11. The molecule has 1 aromatic carbocycles. The lowest BCUT2D eigenvalue weighted by molar-refractivity contribution is 0.0933. The minimum absolute atomic E-state index is 0.152. The van der Waals surface area contributed by atoms with Gasteiger partial charge in [-0.25, -0.2) is 0 Å². The third-order valence-corrected chi connectivity index (χ3v) is 3.11. The van der Waals surface area contributed by atoms with Crippen molar-refractivity contribution in [2.24, 2.45) is 0 Å². The molecule has 1 heterocycles. The number of hydrogen-bond donors (Lipinski definition) is 0. The van der Waals surface area contributed by atoms with Crippen LogP contribution >= 0.6 is 0 Å². The van der Waals surface area contributed by atoms with Crippen molar-refractivity contribution in [1.29, 1.82) is 0 Å². The van der Waals surface area contributed by atoms with Gasteiger partial charge in [-0.1, -0.05) is 0 Å².